The standard InChI is InChI=1S/C23H38N2O4/c1-27-23-15-20(16-24-10-4-7-19-5-2-3-6-19)8-9-22(23)29-18-21(26)17-25-11-13-28-14-12-25/h8-9,15,19,21,24,26H,2-7,10-14,16-18H2,1H3/t21-/m0/s1. The third kappa shape index (κ3) is 7.78. The van der Waals surface area contributed by atoms with Crippen LogP contribution >= 0.6 is 0 Å². The van der Waals surface area contributed by atoms with Crippen molar-refractivity contribution in [1.29, 1.82) is 0 Å². The highest BCUT2D eigenvalue weighted by Gasteiger charge is 2.16. The molecule has 1 aliphatic carbocycles. The molecule has 0 bridgehead atoms. The Hall–Kier alpha value is -1.34. The van der Waals surface area contributed by atoms with Crippen LogP contribution in [-0.2, 0) is 11.3 Å². The highest BCUT2D eigenvalue weighted by atomic mass is 16.5. The average molecular weight is 407 g/mol. The lowest BCUT2D eigenvalue weighted by molar-refractivity contribution is 0.00445. The number of morpholine rings is 1. The Morgan fingerprint density at radius 3 is 2.76 bits per heavy atom. The molecular weight excluding hydrogens is 368 g/mol. The van der Waals surface area contributed by atoms with Gasteiger partial charge in [-0.3, -0.25) is 4.90 Å². The van der Waals surface area contributed by atoms with Gasteiger partial charge in [0.25, 0.3) is 0 Å². The van der Waals surface area contributed by atoms with Gasteiger partial charge in [0.2, 0.25) is 0 Å². The second-order valence-electron chi connectivity index (χ2n) is 8.33. The lowest BCUT2D eigenvalue weighted by Crippen LogP contribution is -2.42. The largest absolute Gasteiger partial charge is 0.493 e. The monoisotopic (exact) mass is 406 g/mol. The first-order valence-electron chi connectivity index (χ1n) is 11.2. The van der Waals surface area contributed by atoms with Crippen LogP contribution in [0.1, 0.15) is 44.1 Å². The van der Waals surface area contributed by atoms with Crippen LogP contribution in [0.3, 0.4) is 0 Å². The summed E-state index contributed by atoms with van der Waals surface area (Å²) in [5, 5.41) is 13.8. The molecule has 29 heavy (non-hydrogen) atoms. The van der Waals surface area contributed by atoms with Crippen molar-refractivity contribution in [2.24, 2.45) is 5.92 Å². The van der Waals surface area contributed by atoms with Crippen LogP contribution in [0.15, 0.2) is 18.2 Å². The van der Waals surface area contributed by atoms with Crippen molar-refractivity contribution >= 4 is 0 Å². The number of nitrogens with one attached hydrogen (secondary N) is 1. The van der Waals surface area contributed by atoms with E-state index in [1.165, 1.54) is 44.1 Å². The molecule has 1 aliphatic heterocycles. The molecule has 164 valence electrons. The molecule has 2 N–H and O–H groups in total. The zero-order valence-electron chi connectivity index (χ0n) is 17.9. The molecular formula is C23H38N2O4. The SMILES string of the molecule is COc1cc(CNCCCC2CCCC2)ccc1OC[C@@H](O)CN1CCOCC1. The number of ether oxygens (including phenoxy) is 3. The van der Waals surface area contributed by atoms with Gasteiger partial charge in [0.05, 0.1) is 20.3 Å². The van der Waals surface area contributed by atoms with Gasteiger partial charge in [0, 0.05) is 26.2 Å². The maximum Gasteiger partial charge on any atom is 0.161 e. The van der Waals surface area contributed by atoms with Crippen LogP contribution in [0.5, 0.6) is 11.5 Å². The van der Waals surface area contributed by atoms with E-state index in [2.05, 4.69) is 16.3 Å². The van der Waals surface area contributed by atoms with Gasteiger partial charge in [0.1, 0.15) is 12.7 Å². The van der Waals surface area contributed by atoms with Crippen molar-refractivity contribution in [3.8, 4) is 11.5 Å². The predicted molar refractivity (Wildman–Crippen MR) is 115 cm³/mol. The number of aliphatic hydroxyl groups excluding tert-OH is 1. The second kappa shape index (κ2) is 12.4. The molecule has 0 unspecified atom stereocenters. The average Bonchev–Trinajstić information content (AvgIpc) is 3.26. The van der Waals surface area contributed by atoms with Gasteiger partial charge in [-0.2, -0.15) is 0 Å². The molecule has 6 nitrogen and oxygen atoms in total. The van der Waals surface area contributed by atoms with Gasteiger partial charge in [-0.25, -0.2) is 0 Å². The smallest absolute Gasteiger partial charge is 0.161 e. The summed E-state index contributed by atoms with van der Waals surface area (Å²) in [5.74, 6) is 2.36. The Morgan fingerprint density at radius 2 is 2.00 bits per heavy atom. The lowest BCUT2D eigenvalue weighted by Gasteiger charge is -2.28. The van der Waals surface area contributed by atoms with Crippen molar-refractivity contribution in [1.82, 2.24) is 10.2 Å². The van der Waals surface area contributed by atoms with Crippen LogP contribution in [0.4, 0.5) is 0 Å². The minimum atomic E-state index is -0.529. The van der Waals surface area contributed by atoms with Crippen molar-refractivity contribution in [2.75, 3.05) is 53.1 Å². The first kappa shape index (κ1) is 22.3. The van der Waals surface area contributed by atoms with Crippen LogP contribution in [0.25, 0.3) is 0 Å². The number of hydrogen-bond donors (Lipinski definition) is 2. The summed E-state index contributed by atoms with van der Waals surface area (Å²) >= 11 is 0. The molecule has 1 atom stereocenters. The summed E-state index contributed by atoms with van der Waals surface area (Å²) < 4.78 is 16.7. The Bertz CT molecular complexity index is 586. The van der Waals surface area contributed by atoms with Crippen molar-refractivity contribution < 1.29 is 19.3 Å². The van der Waals surface area contributed by atoms with Crippen molar-refractivity contribution in [3.63, 3.8) is 0 Å². The molecule has 2 aliphatic rings. The summed E-state index contributed by atoms with van der Waals surface area (Å²) in [4.78, 5) is 2.20. The normalized spacial score (nSPS) is 19.4. The van der Waals surface area contributed by atoms with Crippen LogP contribution < -0.4 is 14.8 Å². The molecule has 1 heterocycles. The number of methoxy groups -OCH3 is 1. The molecule has 1 aromatic rings. The summed E-state index contributed by atoms with van der Waals surface area (Å²) in [6.07, 6.45) is 7.80. The zero-order valence-corrected chi connectivity index (χ0v) is 17.9. The Balaban J connectivity index is 1.37. The number of rotatable bonds is 12. The maximum absolute atomic E-state index is 10.3. The van der Waals surface area contributed by atoms with E-state index >= 15 is 0 Å². The Kier molecular flexibility index (Phi) is 9.54. The minimum Gasteiger partial charge on any atom is -0.493 e. The summed E-state index contributed by atoms with van der Waals surface area (Å²) in [6.45, 7) is 5.95. The fourth-order valence-corrected chi connectivity index (χ4v) is 4.31. The zero-order chi connectivity index (χ0) is 20.3. The number of nitrogens with zero attached hydrogens (tertiary/aromatic N) is 1. The minimum absolute atomic E-state index is 0.256. The summed E-state index contributed by atoms with van der Waals surface area (Å²) in [6, 6.07) is 6.03. The third-order valence-corrected chi connectivity index (χ3v) is 6.00. The van der Waals surface area contributed by atoms with Crippen LogP contribution in [0.2, 0.25) is 0 Å². The van der Waals surface area contributed by atoms with E-state index in [1.807, 2.05) is 12.1 Å². The fourth-order valence-electron chi connectivity index (χ4n) is 4.31. The van der Waals surface area contributed by atoms with E-state index in [4.69, 9.17) is 14.2 Å². The molecule has 0 radical (unpaired) electrons. The van der Waals surface area contributed by atoms with E-state index in [9.17, 15) is 5.11 Å². The molecule has 0 amide bonds. The number of hydrogen-bond acceptors (Lipinski definition) is 6. The molecule has 1 saturated heterocycles. The number of β-amino-alcohol motifs (C(OH)–C–C–N with tert-alkyl or cyclic N) is 1. The number of aliphatic hydroxyl groups is 1. The van der Waals surface area contributed by atoms with E-state index in [0.717, 1.165) is 45.3 Å². The van der Waals surface area contributed by atoms with Crippen LogP contribution in [0, 0.1) is 5.92 Å². The molecule has 0 spiro atoms. The van der Waals surface area contributed by atoms with E-state index in [-0.39, 0.29) is 6.61 Å². The quantitative estimate of drug-likeness (QED) is 0.521. The van der Waals surface area contributed by atoms with Gasteiger partial charge in [0.15, 0.2) is 11.5 Å². The predicted octanol–water partition coefficient (Wildman–Crippen LogP) is 2.83. The molecule has 1 saturated carbocycles. The number of benzene rings is 1. The molecule has 2 fully saturated rings. The highest BCUT2D eigenvalue weighted by molar-refractivity contribution is 5.43. The van der Waals surface area contributed by atoms with Crippen molar-refractivity contribution in [3.05, 3.63) is 23.8 Å². The molecule has 1 aromatic carbocycles. The van der Waals surface area contributed by atoms with Crippen molar-refractivity contribution in [2.45, 2.75) is 51.2 Å². The van der Waals surface area contributed by atoms with Gasteiger partial charge in [-0.05, 0) is 43.0 Å². The van der Waals surface area contributed by atoms with E-state index < -0.39 is 6.10 Å². The fraction of sp³-hybridized carbons (Fsp3) is 0.739. The third-order valence-electron chi connectivity index (χ3n) is 6.00. The first-order valence-corrected chi connectivity index (χ1v) is 11.2. The second-order valence-corrected chi connectivity index (χ2v) is 8.33. The van der Waals surface area contributed by atoms with Gasteiger partial charge < -0.3 is 24.6 Å². The van der Waals surface area contributed by atoms with Gasteiger partial charge in [-0.1, -0.05) is 31.7 Å². The van der Waals surface area contributed by atoms with E-state index in [0.29, 0.717) is 18.0 Å². The highest BCUT2D eigenvalue weighted by Crippen LogP contribution is 2.29. The molecule has 3 rings (SSSR count). The Morgan fingerprint density at radius 1 is 1.21 bits per heavy atom. The lowest BCUT2D eigenvalue weighted by atomic mass is 10.0. The summed E-state index contributed by atoms with van der Waals surface area (Å²) in [7, 11) is 1.66. The van der Waals surface area contributed by atoms with Gasteiger partial charge >= 0.3 is 0 Å². The van der Waals surface area contributed by atoms with Gasteiger partial charge in [-0.15, -0.1) is 0 Å². The topological polar surface area (TPSA) is 63.2 Å². The van der Waals surface area contributed by atoms with E-state index in [1.54, 1.807) is 7.11 Å². The summed E-state index contributed by atoms with van der Waals surface area (Å²) in [5.41, 5.74) is 1.18. The molecule has 0 aromatic heterocycles. The maximum atomic E-state index is 10.3. The first-order chi connectivity index (χ1) is 14.2. The van der Waals surface area contributed by atoms with Crippen LogP contribution in [-0.4, -0.2) is 69.2 Å². The molecule has 6 heteroatoms. The Labute approximate surface area is 175 Å².